The van der Waals surface area contributed by atoms with Crippen molar-refractivity contribution >= 4 is 12.4 Å². The van der Waals surface area contributed by atoms with Crippen LogP contribution in [-0.4, -0.2) is 6.54 Å². The Hall–Kier alpha value is -0.600. The molecule has 0 bridgehead atoms. The molecule has 1 aliphatic rings. The molecule has 1 aromatic carbocycles. The molecule has 1 saturated heterocycles. The van der Waals surface area contributed by atoms with E-state index in [1.165, 1.54) is 0 Å². The maximum Gasteiger partial charge on any atom is 0.126 e. The lowest BCUT2D eigenvalue weighted by Gasteiger charge is -2.28. The zero-order valence-corrected chi connectivity index (χ0v) is 8.33. The zero-order chi connectivity index (χ0) is 8.55. The van der Waals surface area contributed by atoms with E-state index in [9.17, 15) is 4.39 Å². The standard InChI is InChI=1S/C10H12FN.ClH/c1-7-2-3-8(6-9(7)11)10-4-5-12-10;/h2-3,6,10,12H,4-5H2,1H3;1H/t10-;/m0./s1. The molecule has 0 radical (unpaired) electrons. The Morgan fingerprint density at radius 2 is 2.15 bits per heavy atom. The fourth-order valence-corrected chi connectivity index (χ4v) is 1.40. The lowest BCUT2D eigenvalue weighted by molar-refractivity contribution is 0.381. The largest absolute Gasteiger partial charge is 0.310 e. The minimum absolute atomic E-state index is 0. The van der Waals surface area contributed by atoms with E-state index in [1.807, 2.05) is 12.1 Å². The van der Waals surface area contributed by atoms with Gasteiger partial charge < -0.3 is 5.32 Å². The van der Waals surface area contributed by atoms with Gasteiger partial charge in [-0.25, -0.2) is 4.39 Å². The fraction of sp³-hybridized carbons (Fsp3) is 0.400. The lowest BCUT2D eigenvalue weighted by atomic mass is 9.97. The second-order valence-electron chi connectivity index (χ2n) is 3.30. The number of hydrogen-bond donors (Lipinski definition) is 1. The highest BCUT2D eigenvalue weighted by molar-refractivity contribution is 5.85. The van der Waals surface area contributed by atoms with E-state index in [0.717, 1.165) is 24.1 Å². The van der Waals surface area contributed by atoms with Gasteiger partial charge in [0.15, 0.2) is 0 Å². The van der Waals surface area contributed by atoms with Gasteiger partial charge >= 0.3 is 0 Å². The fourth-order valence-electron chi connectivity index (χ4n) is 1.40. The smallest absolute Gasteiger partial charge is 0.126 e. The monoisotopic (exact) mass is 201 g/mol. The van der Waals surface area contributed by atoms with Crippen molar-refractivity contribution in [3.8, 4) is 0 Å². The van der Waals surface area contributed by atoms with Crippen molar-refractivity contribution in [3.05, 3.63) is 35.1 Å². The first-order valence-electron chi connectivity index (χ1n) is 4.27. The molecule has 0 unspecified atom stereocenters. The summed E-state index contributed by atoms with van der Waals surface area (Å²) in [6.07, 6.45) is 1.13. The summed E-state index contributed by atoms with van der Waals surface area (Å²) >= 11 is 0. The lowest BCUT2D eigenvalue weighted by Crippen LogP contribution is -2.34. The van der Waals surface area contributed by atoms with E-state index in [1.54, 1.807) is 13.0 Å². The van der Waals surface area contributed by atoms with Crippen LogP contribution in [0.25, 0.3) is 0 Å². The number of nitrogens with one attached hydrogen (secondary N) is 1. The van der Waals surface area contributed by atoms with E-state index in [2.05, 4.69) is 5.32 Å². The first-order chi connectivity index (χ1) is 5.77. The molecule has 3 heteroatoms. The number of benzene rings is 1. The number of hydrogen-bond acceptors (Lipinski definition) is 1. The molecule has 1 heterocycles. The molecule has 1 nitrogen and oxygen atoms in total. The van der Waals surface area contributed by atoms with Gasteiger partial charge in [-0.2, -0.15) is 0 Å². The Bertz CT molecular complexity index is 297. The van der Waals surface area contributed by atoms with Crippen LogP contribution in [0.3, 0.4) is 0 Å². The van der Waals surface area contributed by atoms with Crippen molar-refractivity contribution in [3.63, 3.8) is 0 Å². The van der Waals surface area contributed by atoms with Crippen LogP contribution in [0.15, 0.2) is 18.2 Å². The molecule has 2 rings (SSSR count). The first-order valence-corrected chi connectivity index (χ1v) is 4.27. The van der Waals surface area contributed by atoms with Crippen LogP contribution in [0.5, 0.6) is 0 Å². The van der Waals surface area contributed by atoms with Crippen molar-refractivity contribution in [2.24, 2.45) is 0 Å². The van der Waals surface area contributed by atoms with Gasteiger partial charge in [-0.3, -0.25) is 0 Å². The van der Waals surface area contributed by atoms with Crippen LogP contribution in [0, 0.1) is 12.7 Å². The molecule has 0 aromatic heterocycles. The summed E-state index contributed by atoms with van der Waals surface area (Å²) < 4.78 is 13.1. The topological polar surface area (TPSA) is 12.0 Å². The summed E-state index contributed by atoms with van der Waals surface area (Å²) in [5.41, 5.74) is 1.79. The average Bonchev–Trinajstić information content (AvgIpc) is 1.93. The zero-order valence-electron chi connectivity index (χ0n) is 7.51. The van der Waals surface area contributed by atoms with Crippen LogP contribution < -0.4 is 5.32 Å². The highest BCUT2D eigenvalue weighted by atomic mass is 35.5. The van der Waals surface area contributed by atoms with Gasteiger partial charge in [-0.15, -0.1) is 12.4 Å². The van der Waals surface area contributed by atoms with Gasteiger partial charge in [0.1, 0.15) is 5.82 Å². The summed E-state index contributed by atoms with van der Waals surface area (Å²) in [5, 5.41) is 3.24. The van der Waals surface area contributed by atoms with Crippen molar-refractivity contribution < 1.29 is 4.39 Å². The van der Waals surface area contributed by atoms with E-state index < -0.39 is 0 Å². The molecule has 0 spiro atoms. The maximum absolute atomic E-state index is 13.1. The Morgan fingerprint density at radius 1 is 1.46 bits per heavy atom. The molecule has 1 fully saturated rings. The van der Waals surface area contributed by atoms with Crippen LogP contribution in [0.1, 0.15) is 23.6 Å². The van der Waals surface area contributed by atoms with Crippen LogP contribution in [-0.2, 0) is 0 Å². The van der Waals surface area contributed by atoms with Gasteiger partial charge in [-0.05, 0) is 37.1 Å². The Balaban J connectivity index is 0.000000845. The quantitative estimate of drug-likeness (QED) is 0.737. The molecule has 0 aliphatic carbocycles. The highest BCUT2D eigenvalue weighted by Crippen LogP contribution is 2.23. The maximum atomic E-state index is 13.1. The average molecular weight is 202 g/mol. The summed E-state index contributed by atoms with van der Waals surface area (Å²) in [5.74, 6) is -0.0961. The molecule has 1 N–H and O–H groups in total. The third-order valence-electron chi connectivity index (χ3n) is 2.42. The second kappa shape index (κ2) is 4.07. The molecule has 1 aliphatic heterocycles. The normalized spacial score (nSPS) is 20.3. The van der Waals surface area contributed by atoms with Crippen molar-refractivity contribution in [1.29, 1.82) is 0 Å². The van der Waals surface area contributed by atoms with Gasteiger partial charge in [0.2, 0.25) is 0 Å². The van der Waals surface area contributed by atoms with E-state index in [0.29, 0.717) is 6.04 Å². The third kappa shape index (κ3) is 2.01. The summed E-state index contributed by atoms with van der Waals surface area (Å²) in [4.78, 5) is 0. The molecule has 13 heavy (non-hydrogen) atoms. The third-order valence-corrected chi connectivity index (χ3v) is 2.42. The number of aryl methyl sites for hydroxylation is 1. The van der Waals surface area contributed by atoms with Crippen LogP contribution in [0.4, 0.5) is 4.39 Å². The van der Waals surface area contributed by atoms with E-state index >= 15 is 0 Å². The number of halogens is 2. The molecular weight excluding hydrogens is 189 g/mol. The van der Waals surface area contributed by atoms with Crippen molar-refractivity contribution in [1.82, 2.24) is 5.32 Å². The highest BCUT2D eigenvalue weighted by Gasteiger charge is 2.18. The van der Waals surface area contributed by atoms with Crippen LogP contribution >= 0.6 is 12.4 Å². The molecule has 0 amide bonds. The minimum Gasteiger partial charge on any atom is -0.310 e. The summed E-state index contributed by atoms with van der Waals surface area (Å²) in [6, 6.07) is 5.85. The van der Waals surface area contributed by atoms with Gasteiger partial charge in [0.25, 0.3) is 0 Å². The second-order valence-corrected chi connectivity index (χ2v) is 3.30. The minimum atomic E-state index is -0.0961. The first kappa shape index (κ1) is 10.5. The molecular formula is C10H13ClFN. The van der Waals surface area contributed by atoms with Crippen LogP contribution in [0.2, 0.25) is 0 Å². The van der Waals surface area contributed by atoms with E-state index in [4.69, 9.17) is 0 Å². The summed E-state index contributed by atoms with van der Waals surface area (Å²) in [7, 11) is 0. The molecule has 0 saturated carbocycles. The van der Waals surface area contributed by atoms with Gasteiger partial charge in [-0.1, -0.05) is 12.1 Å². The van der Waals surface area contributed by atoms with Gasteiger partial charge in [0.05, 0.1) is 0 Å². The van der Waals surface area contributed by atoms with Crippen molar-refractivity contribution in [2.75, 3.05) is 6.54 Å². The summed E-state index contributed by atoms with van der Waals surface area (Å²) in [6.45, 7) is 2.84. The number of rotatable bonds is 1. The molecule has 1 atom stereocenters. The Morgan fingerprint density at radius 3 is 2.62 bits per heavy atom. The molecule has 72 valence electrons. The molecule has 1 aromatic rings. The SMILES string of the molecule is Cc1ccc([C@@H]2CCN2)cc1F.Cl. The Labute approximate surface area is 83.8 Å². The van der Waals surface area contributed by atoms with Gasteiger partial charge in [0, 0.05) is 6.04 Å². The predicted octanol–water partition coefficient (Wildman–Crippen LogP) is 2.59. The Kier molecular flexibility index (Phi) is 3.28. The van der Waals surface area contributed by atoms with E-state index in [-0.39, 0.29) is 18.2 Å². The van der Waals surface area contributed by atoms with Crippen molar-refractivity contribution in [2.45, 2.75) is 19.4 Å². The predicted molar refractivity (Wildman–Crippen MR) is 53.7 cm³/mol.